The Hall–Kier alpha value is -2.12. The van der Waals surface area contributed by atoms with Gasteiger partial charge in [0.1, 0.15) is 0 Å². The number of carboxylic acids is 1. The first-order chi connectivity index (χ1) is 11.0. The van der Waals surface area contributed by atoms with Gasteiger partial charge in [0, 0.05) is 20.0 Å². The molecule has 1 saturated heterocycles. The summed E-state index contributed by atoms with van der Waals surface area (Å²) in [6.07, 6.45) is 0.266. The number of rotatable bonds is 6. The Balaban J connectivity index is 2.20. The van der Waals surface area contributed by atoms with Crippen LogP contribution in [0.1, 0.15) is 23.7 Å². The number of benzene rings is 1. The van der Waals surface area contributed by atoms with E-state index < -0.39 is 5.97 Å². The molecule has 1 amide bonds. The van der Waals surface area contributed by atoms with Gasteiger partial charge in [0.2, 0.25) is 5.91 Å². The van der Waals surface area contributed by atoms with E-state index in [0.29, 0.717) is 38.5 Å². The number of hydrogen-bond donors (Lipinski definition) is 2. The maximum atomic E-state index is 11.7. The molecule has 0 aliphatic carbocycles. The monoisotopic (exact) mass is 322 g/mol. The molecule has 1 aromatic carbocycles. The second-order valence-corrected chi connectivity index (χ2v) is 5.39. The number of nitrogens with one attached hydrogen (secondary N) is 1. The van der Waals surface area contributed by atoms with Crippen molar-refractivity contribution < 1.29 is 24.2 Å². The summed E-state index contributed by atoms with van der Waals surface area (Å²) in [7, 11) is 1.87. The lowest BCUT2D eigenvalue weighted by molar-refractivity contribution is -0.115. The zero-order chi connectivity index (χ0) is 16.8. The van der Waals surface area contributed by atoms with E-state index in [0.717, 1.165) is 5.69 Å². The highest BCUT2D eigenvalue weighted by Crippen LogP contribution is 2.27. The minimum Gasteiger partial charge on any atom is -0.478 e. The molecule has 1 unspecified atom stereocenters. The minimum atomic E-state index is -1.03. The van der Waals surface area contributed by atoms with Crippen molar-refractivity contribution in [3.8, 4) is 0 Å². The molecule has 7 nitrogen and oxygen atoms in total. The number of anilines is 2. The summed E-state index contributed by atoms with van der Waals surface area (Å²) in [6.45, 7) is 4.02. The first-order valence-electron chi connectivity index (χ1n) is 7.59. The number of carboxylic acid groups (broad SMARTS) is 1. The molecule has 0 bridgehead atoms. The van der Waals surface area contributed by atoms with Crippen LogP contribution in [-0.2, 0) is 14.3 Å². The first-order valence-corrected chi connectivity index (χ1v) is 7.59. The van der Waals surface area contributed by atoms with Gasteiger partial charge in [-0.3, -0.25) is 4.79 Å². The number of nitrogens with zero attached hydrogens (tertiary/aromatic N) is 1. The lowest BCUT2D eigenvalue weighted by Gasteiger charge is -2.30. The third-order valence-corrected chi connectivity index (χ3v) is 3.61. The smallest absolute Gasteiger partial charge is 0.335 e. The minimum absolute atomic E-state index is 0.0531. The number of ether oxygens (including phenoxy) is 2. The predicted molar refractivity (Wildman–Crippen MR) is 86.2 cm³/mol. The highest BCUT2D eigenvalue weighted by Gasteiger charge is 2.19. The van der Waals surface area contributed by atoms with Gasteiger partial charge in [-0.2, -0.15) is 0 Å². The van der Waals surface area contributed by atoms with E-state index in [4.69, 9.17) is 14.6 Å². The fourth-order valence-electron chi connectivity index (χ4n) is 2.39. The molecule has 0 radical (unpaired) electrons. The summed E-state index contributed by atoms with van der Waals surface area (Å²) in [6, 6.07) is 4.69. The van der Waals surface area contributed by atoms with Gasteiger partial charge in [0.05, 0.1) is 42.9 Å². The Bertz CT molecular complexity index is 570. The summed E-state index contributed by atoms with van der Waals surface area (Å²) in [4.78, 5) is 24.8. The van der Waals surface area contributed by atoms with Crippen LogP contribution in [0.3, 0.4) is 0 Å². The van der Waals surface area contributed by atoms with E-state index in [1.807, 2.05) is 11.9 Å². The van der Waals surface area contributed by atoms with Gasteiger partial charge in [-0.25, -0.2) is 4.79 Å². The maximum Gasteiger partial charge on any atom is 0.335 e. The van der Waals surface area contributed by atoms with Crippen LogP contribution in [0.2, 0.25) is 0 Å². The fraction of sp³-hybridized carbons (Fsp3) is 0.500. The van der Waals surface area contributed by atoms with Crippen molar-refractivity contribution in [1.82, 2.24) is 0 Å². The van der Waals surface area contributed by atoms with Gasteiger partial charge in [0.25, 0.3) is 0 Å². The van der Waals surface area contributed by atoms with Crippen molar-refractivity contribution in [3.63, 3.8) is 0 Å². The molecule has 0 saturated carbocycles. The van der Waals surface area contributed by atoms with Crippen molar-refractivity contribution in [1.29, 1.82) is 0 Å². The van der Waals surface area contributed by atoms with Crippen molar-refractivity contribution in [2.24, 2.45) is 0 Å². The third-order valence-electron chi connectivity index (χ3n) is 3.61. The van der Waals surface area contributed by atoms with E-state index in [1.165, 1.54) is 12.1 Å². The summed E-state index contributed by atoms with van der Waals surface area (Å²) < 4.78 is 11.0. The average Bonchev–Trinajstić information content (AvgIpc) is 2.55. The summed E-state index contributed by atoms with van der Waals surface area (Å²) in [5.41, 5.74) is 1.35. The van der Waals surface area contributed by atoms with Gasteiger partial charge in [-0.15, -0.1) is 0 Å². The molecule has 0 aromatic heterocycles. The highest BCUT2D eigenvalue weighted by molar-refractivity contribution is 5.97. The number of hydrogen-bond acceptors (Lipinski definition) is 5. The Morgan fingerprint density at radius 3 is 2.78 bits per heavy atom. The summed E-state index contributed by atoms with van der Waals surface area (Å²) >= 11 is 0. The van der Waals surface area contributed by atoms with Crippen molar-refractivity contribution in [3.05, 3.63) is 23.8 Å². The second kappa shape index (κ2) is 7.94. The lowest BCUT2D eigenvalue weighted by Crippen LogP contribution is -2.38. The zero-order valence-corrected chi connectivity index (χ0v) is 13.4. The zero-order valence-electron chi connectivity index (χ0n) is 13.4. The van der Waals surface area contributed by atoms with E-state index in [2.05, 4.69) is 5.32 Å². The van der Waals surface area contributed by atoms with Crippen LogP contribution < -0.4 is 10.2 Å². The Morgan fingerprint density at radius 1 is 1.39 bits per heavy atom. The van der Waals surface area contributed by atoms with E-state index in [1.54, 1.807) is 13.0 Å². The average molecular weight is 322 g/mol. The Kier molecular flexibility index (Phi) is 5.95. The van der Waals surface area contributed by atoms with Crippen LogP contribution in [0.5, 0.6) is 0 Å². The molecular weight excluding hydrogens is 300 g/mol. The van der Waals surface area contributed by atoms with Crippen molar-refractivity contribution in [2.75, 3.05) is 43.6 Å². The Morgan fingerprint density at radius 2 is 2.17 bits per heavy atom. The molecule has 0 spiro atoms. The van der Waals surface area contributed by atoms with E-state index in [-0.39, 0.29) is 17.6 Å². The number of carbonyl (C=O) groups is 2. The van der Waals surface area contributed by atoms with Crippen LogP contribution in [0.15, 0.2) is 18.2 Å². The lowest BCUT2D eigenvalue weighted by atomic mass is 10.1. The molecule has 23 heavy (non-hydrogen) atoms. The van der Waals surface area contributed by atoms with Crippen LogP contribution in [0, 0.1) is 0 Å². The second-order valence-electron chi connectivity index (χ2n) is 5.39. The molecule has 1 aromatic rings. The molecule has 2 N–H and O–H groups in total. The standard InChI is InChI=1S/C16H22N2O5/c1-3-15(19)17-13-8-11(16(20)21)4-5-14(13)18(2)9-12-10-22-6-7-23-12/h4-5,8,12H,3,6-7,9-10H2,1-2H3,(H,17,19)(H,20,21). The third kappa shape index (κ3) is 4.67. The molecular formula is C16H22N2O5. The molecule has 1 fully saturated rings. The van der Waals surface area contributed by atoms with E-state index in [9.17, 15) is 9.59 Å². The van der Waals surface area contributed by atoms with Crippen LogP contribution in [0.25, 0.3) is 0 Å². The summed E-state index contributed by atoms with van der Waals surface area (Å²) in [5, 5.41) is 11.9. The Labute approximate surface area is 135 Å². The maximum absolute atomic E-state index is 11.7. The van der Waals surface area contributed by atoms with Crippen molar-refractivity contribution >= 4 is 23.3 Å². The van der Waals surface area contributed by atoms with Gasteiger partial charge >= 0.3 is 5.97 Å². The topological polar surface area (TPSA) is 88.1 Å². The molecule has 2 rings (SSSR count). The SMILES string of the molecule is CCC(=O)Nc1cc(C(=O)O)ccc1N(C)CC1COCCO1. The van der Waals surface area contributed by atoms with Gasteiger partial charge in [-0.05, 0) is 18.2 Å². The predicted octanol–water partition coefficient (Wildman–Crippen LogP) is 1.58. The number of amides is 1. The first kappa shape index (κ1) is 17.2. The molecule has 7 heteroatoms. The van der Waals surface area contributed by atoms with Gasteiger partial charge in [-0.1, -0.05) is 6.92 Å². The molecule has 1 atom stereocenters. The van der Waals surface area contributed by atoms with Gasteiger partial charge < -0.3 is 24.8 Å². The number of likely N-dealkylation sites (N-methyl/N-ethyl adjacent to an activating group) is 1. The largest absolute Gasteiger partial charge is 0.478 e. The molecule has 1 aliphatic heterocycles. The van der Waals surface area contributed by atoms with Crippen LogP contribution in [-0.4, -0.2) is 56.5 Å². The van der Waals surface area contributed by atoms with E-state index >= 15 is 0 Å². The fourth-order valence-corrected chi connectivity index (χ4v) is 2.39. The van der Waals surface area contributed by atoms with Gasteiger partial charge in [0.15, 0.2) is 0 Å². The quantitative estimate of drug-likeness (QED) is 0.827. The molecule has 1 heterocycles. The number of carbonyl (C=O) groups excluding carboxylic acids is 1. The number of aromatic carboxylic acids is 1. The van der Waals surface area contributed by atoms with Crippen molar-refractivity contribution in [2.45, 2.75) is 19.4 Å². The highest BCUT2D eigenvalue weighted by atomic mass is 16.6. The molecule has 1 aliphatic rings. The normalized spacial score (nSPS) is 17.6. The molecule has 126 valence electrons. The van der Waals surface area contributed by atoms with Crippen LogP contribution in [0.4, 0.5) is 11.4 Å². The summed E-state index contributed by atoms with van der Waals surface area (Å²) in [5.74, 6) is -1.20. The van der Waals surface area contributed by atoms with Crippen LogP contribution >= 0.6 is 0 Å².